The zero-order chi connectivity index (χ0) is 13.6. The molecule has 0 fully saturated rings. The summed E-state index contributed by atoms with van der Waals surface area (Å²) in [5.74, 6) is 0. The molecule has 2 aromatic carbocycles. The van der Waals surface area contributed by atoms with Gasteiger partial charge in [0.1, 0.15) is 0 Å². The summed E-state index contributed by atoms with van der Waals surface area (Å²) < 4.78 is -0.929. The third kappa shape index (κ3) is 2.39. The summed E-state index contributed by atoms with van der Waals surface area (Å²) in [7, 11) is 0. The van der Waals surface area contributed by atoms with Crippen molar-refractivity contribution in [2.45, 2.75) is 4.33 Å². The molecule has 0 heterocycles. The number of alkyl halides is 2. The molecule has 0 unspecified atom stereocenters. The predicted octanol–water partition coefficient (Wildman–Crippen LogP) is 6.09. The molecular weight excluding hydrogens is 322 g/mol. The van der Waals surface area contributed by atoms with Crippen LogP contribution in [0.4, 0.5) is 0 Å². The molecule has 0 radical (unpaired) electrons. The zero-order valence-electron chi connectivity index (χ0n) is 9.63. The van der Waals surface area contributed by atoms with Gasteiger partial charge in [0.2, 0.25) is 0 Å². The summed E-state index contributed by atoms with van der Waals surface area (Å²) in [5, 5.41) is 1.38. The topological polar surface area (TPSA) is 0 Å². The van der Waals surface area contributed by atoms with Crippen molar-refractivity contribution < 1.29 is 0 Å². The summed E-state index contributed by atoms with van der Waals surface area (Å²) in [6, 6.07) is 15.0. The van der Waals surface area contributed by atoms with Crippen LogP contribution in [-0.2, 0) is 0 Å². The number of benzene rings is 2. The number of hydrogen-bond donors (Lipinski definition) is 0. The van der Waals surface area contributed by atoms with E-state index in [1.54, 1.807) is 0 Å². The normalized spacial score (nSPS) is 16.6. The van der Waals surface area contributed by atoms with Gasteiger partial charge >= 0.3 is 0 Å². The van der Waals surface area contributed by atoms with Crippen LogP contribution in [0.5, 0.6) is 0 Å². The highest BCUT2D eigenvalue weighted by molar-refractivity contribution is 6.68. The van der Waals surface area contributed by atoms with Crippen LogP contribution < -0.4 is 0 Å². The Morgan fingerprint density at radius 2 is 0.895 bits per heavy atom. The van der Waals surface area contributed by atoms with Gasteiger partial charge in [-0.1, -0.05) is 70.7 Å². The van der Waals surface area contributed by atoms with E-state index in [4.69, 9.17) is 46.4 Å². The lowest BCUT2D eigenvalue weighted by Crippen LogP contribution is -1.93. The maximum Gasteiger partial charge on any atom is 0.170 e. The Morgan fingerprint density at radius 1 is 0.579 bits per heavy atom. The van der Waals surface area contributed by atoms with Crippen LogP contribution in [0.25, 0.3) is 11.1 Å². The van der Waals surface area contributed by atoms with Crippen LogP contribution in [0.1, 0.15) is 11.1 Å². The fourth-order valence-electron chi connectivity index (χ4n) is 2.12. The molecule has 96 valence electrons. The average Bonchev–Trinajstić information content (AvgIpc) is 2.94. The van der Waals surface area contributed by atoms with E-state index in [0.717, 1.165) is 22.3 Å². The molecule has 0 N–H and O–H groups in total. The lowest BCUT2D eigenvalue weighted by atomic mass is 10.1. The molecule has 19 heavy (non-hydrogen) atoms. The molecule has 1 aliphatic rings. The van der Waals surface area contributed by atoms with Crippen molar-refractivity contribution in [1.29, 1.82) is 0 Å². The molecule has 0 amide bonds. The van der Waals surface area contributed by atoms with E-state index in [1.165, 1.54) is 0 Å². The lowest BCUT2D eigenvalue weighted by Gasteiger charge is -2.01. The van der Waals surface area contributed by atoms with Crippen molar-refractivity contribution in [3.05, 3.63) is 69.7 Å². The van der Waals surface area contributed by atoms with Gasteiger partial charge in [0.25, 0.3) is 0 Å². The molecule has 3 rings (SSSR count). The Kier molecular flexibility index (Phi) is 3.31. The van der Waals surface area contributed by atoms with Crippen molar-refractivity contribution in [1.82, 2.24) is 0 Å². The maximum atomic E-state index is 6.35. The van der Waals surface area contributed by atoms with Crippen molar-refractivity contribution in [2.75, 3.05) is 0 Å². The van der Waals surface area contributed by atoms with E-state index in [2.05, 4.69) is 0 Å². The number of allylic oxidation sites excluding steroid dienone is 2. The third-order valence-corrected chi connectivity index (χ3v) is 4.34. The summed E-state index contributed by atoms with van der Waals surface area (Å²) >= 11 is 24.5. The van der Waals surface area contributed by atoms with Crippen molar-refractivity contribution >= 4 is 57.5 Å². The maximum absolute atomic E-state index is 6.35. The highest BCUT2D eigenvalue weighted by Gasteiger charge is 2.51. The number of rotatable bonds is 2. The molecule has 0 aliphatic heterocycles. The van der Waals surface area contributed by atoms with Crippen LogP contribution in [0.2, 0.25) is 10.0 Å². The first-order chi connectivity index (χ1) is 9.00. The number of halogens is 4. The number of hydrogen-bond acceptors (Lipinski definition) is 0. The zero-order valence-corrected chi connectivity index (χ0v) is 12.7. The molecule has 0 aromatic heterocycles. The molecule has 0 spiro atoms. The van der Waals surface area contributed by atoms with Crippen molar-refractivity contribution in [3.8, 4) is 0 Å². The van der Waals surface area contributed by atoms with Gasteiger partial charge in [-0.05, 0) is 35.4 Å². The van der Waals surface area contributed by atoms with Crippen molar-refractivity contribution in [2.24, 2.45) is 0 Å². The van der Waals surface area contributed by atoms with Gasteiger partial charge in [0.15, 0.2) is 4.33 Å². The molecule has 4 heteroatoms. The highest BCUT2D eigenvalue weighted by atomic mass is 35.5. The quantitative estimate of drug-likeness (QED) is 0.584. The summed E-state index contributed by atoms with van der Waals surface area (Å²) in [4.78, 5) is 0. The molecule has 2 aromatic rings. The van der Waals surface area contributed by atoms with E-state index in [-0.39, 0.29) is 0 Å². The second kappa shape index (κ2) is 4.71. The van der Waals surface area contributed by atoms with Crippen LogP contribution in [0.3, 0.4) is 0 Å². The Hall–Kier alpha value is -0.660. The lowest BCUT2D eigenvalue weighted by molar-refractivity contribution is 1.48. The van der Waals surface area contributed by atoms with E-state index in [9.17, 15) is 0 Å². The Morgan fingerprint density at radius 3 is 1.21 bits per heavy atom. The third-order valence-electron chi connectivity index (χ3n) is 3.08. The fraction of sp³-hybridized carbons (Fsp3) is 0.0667. The van der Waals surface area contributed by atoms with E-state index < -0.39 is 4.33 Å². The first-order valence-corrected chi connectivity index (χ1v) is 7.16. The first kappa shape index (κ1) is 13.3. The second-order valence-electron chi connectivity index (χ2n) is 4.34. The Labute approximate surface area is 131 Å². The molecule has 1 aliphatic carbocycles. The first-order valence-electron chi connectivity index (χ1n) is 5.65. The molecule has 0 atom stereocenters. The van der Waals surface area contributed by atoms with E-state index in [0.29, 0.717) is 10.0 Å². The van der Waals surface area contributed by atoms with E-state index in [1.807, 2.05) is 48.5 Å². The van der Waals surface area contributed by atoms with Crippen LogP contribution in [0, 0.1) is 0 Å². The van der Waals surface area contributed by atoms with Crippen LogP contribution >= 0.6 is 46.4 Å². The fourth-order valence-corrected chi connectivity index (χ4v) is 3.09. The molecule has 0 saturated heterocycles. The Balaban J connectivity index is 2.04. The molecule has 0 bridgehead atoms. The highest BCUT2D eigenvalue weighted by Crippen LogP contribution is 2.63. The van der Waals surface area contributed by atoms with E-state index >= 15 is 0 Å². The van der Waals surface area contributed by atoms with Gasteiger partial charge in [0.05, 0.1) is 0 Å². The monoisotopic (exact) mass is 328 g/mol. The molecular formula is C15H8Cl4. The Bertz CT molecular complexity index is 594. The van der Waals surface area contributed by atoms with Gasteiger partial charge in [-0.3, -0.25) is 0 Å². The minimum Gasteiger partial charge on any atom is -0.0908 e. The molecule has 0 saturated carbocycles. The minimum absolute atomic E-state index is 0.688. The van der Waals surface area contributed by atoms with Crippen LogP contribution in [-0.4, -0.2) is 4.33 Å². The molecule has 0 nitrogen and oxygen atoms in total. The summed E-state index contributed by atoms with van der Waals surface area (Å²) in [6.45, 7) is 0. The second-order valence-corrected chi connectivity index (χ2v) is 6.54. The van der Waals surface area contributed by atoms with Gasteiger partial charge in [-0.2, -0.15) is 0 Å². The largest absolute Gasteiger partial charge is 0.170 e. The van der Waals surface area contributed by atoms with Crippen molar-refractivity contribution in [3.63, 3.8) is 0 Å². The summed E-state index contributed by atoms with van der Waals surface area (Å²) in [5.41, 5.74) is 3.82. The van der Waals surface area contributed by atoms with Gasteiger partial charge in [0, 0.05) is 21.2 Å². The predicted molar refractivity (Wildman–Crippen MR) is 84.2 cm³/mol. The SMILES string of the molecule is Clc1ccc(C2=C(c3ccc(Cl)cc3)C2(Cl)Cl)cc1. The van der Waals surface area contributed by atoms with Gasteiger partial charge in [-0.25, -0.2) is 0 Å². The smallest absolute Gasteiger partial charge is 0.0908 e. The van der Waals surface area contributed by atoms with Gasteiger partial charge < -0.3 is 0 Å². The minimum atomic E-state index is -0.929. The van der Waals surface area contributed by atoms with Crippen LogP contribution in [0.15, 0.2) is 48.5 Å². The summed E-state index contributed by atoms with van der Waals surface area (Å²) in [6.07, 6.45) is 0. The standard InChI is InChI=1S/C15H8Cl4/c16-11-5-1-9(2-6-11)13-14(15(13,18)19)10-3-7-12(17)8-4-10/h1-8H. The average molecular weight is 330 g/mol. The van der Waals surface area contributed by atoms with Gasteiger partial charge in [-0.15, -0.1) is 0 Å².